The fourth-order valence-corrected chi connectivity index (χ4v) is 1.22. The summed E-state index contributed by atoms with van der Waals surface area (Å²) in [6.45, 7) is 2.72. The third-order valence-electron chi connectivity index (χ3n) is 2.56. The van der Waals surface area contributed by atoms with E-state index >= 15 is 0 Å². The Bertz CT molecular complexity index is 560. The summed E-state index contributed by atoms with van der Waals surface area (Å²) >= 11 is 0. The molecule has 0 atom stereocenters. The van der Waals surface area contributed by atoms with Crippen LogP contribution in [0.25, 0.3) is 0 Å². The molecule has 0 spiro atoms. The van der Waals surface area contributed by atoms with E-state index in [9.17, 15) is 19.7 Å². The topological polar surface area (TPSA) is 110 Å². The van der Waals surface area contributed by atoms with E-state index in [1.54, 1.807) is 0 Å². The number of benzene rings is 1. The number of hydrogen-bond donors (Lipinski definition) is 2. The van der Waals surface area contributed by atoms with Crippen LogP contribution in [0.15, 0.2) is 35.4 Å². The first-order valence-corrected chi connectivity index (χ1v) is 5.29. The molecule has 100 valence electrons. The summed E-state index contributed by atoms with van der Waals surface area (Å²) in [7, 11) is 0. The summed E-state index contributed by atoms with van der Waals surface area (Å²) in [6.07, 6.45) is 0. The third kappa shape index (κ3) is 3.63. The van der Waals surface area contributed by atoms with Crippen LogP contribution in [0.5, 0.6) is 0 Å². The van der Waals surface area contributed by atoms with Gasteiger partial charge >= 0.3 is 5.97 Å². The van der Waals surface area contributed by atoms with Crippen LogP contribution in [0.2, 0.25) is 0 Å². The van der Waals surface area contributed by atoms with Crippen LogP contribution in [0.3, 0.4) is 0 Å². The Morgan fingerprint density at radius 3 is 2.11 bits per heavy atom. The maximum absolute atomic E-state index is 11.7. The predicted molar refractivity (Wildman–Crippen MR) is 67.7 cm³/mol. The van der Waals surface area contributed by atoms with Gasteiger partial charge in [0.1, 0.15) is 0 Å². The zero-order valence-corrected chi connectivity index (χ0v) is 10.3. The monoisotopic (exact) mass is 264 g/mol. The molecular formula is C12H12N2O5. The molecule has 1 rings (SSSR count). The van der Waals surface area contributed by atoms with Gasteiger partial charge in [0.15, 0.2) is 0 Å². The van der Waals surface area contributed by atoms with Crippen LogP contribution in [-0.4, -0.2) is 21.9 Å². The van der Waals surface area contributed by atoms with Crippen molar-refractivity contribution in [2.75, 3.05) is 5.32 Å². The van der Waals surface area contributed by atoms with Gasteiger partial charge in [-0.1, -0.05) is 0 Å². The average molecular weight is 264 g/mol. The molecule has 0 bridgehead atoms. The van der Waals surface area contributed by atoms with E-state index < -0.39 is 16.8 Å². The van der Waals surface area contributed by atoms with Gasteiger partial charge in [0.05, 0.1) is 4.92 Å². The van der Waals surface area contributed by atoms with E-state index in [1.165, 1.54) is 38.1 Å². The molecule has 0 saturated heterocycles. The first-order chi connectivity index (χ1) is 8.82. The quantitative estimate of drug-likeness (QED) is 0.490. The Hall–Kier alpha value is -2.70. The van der Waals surface area contributed by atoms with Crippen molar-refractivity contribution in [2.45, 2.75) is 13.8 Å². The molecule has 0 radical (unpaired) electrons. The van der Waals surface area contributed by atoms with E-state index in [2.05, 4.69) is 5.32 Å². The van der Waals surface area contributed by atoms with Crippen LogP contribution in [0, 0.1) is 10.1 Å². The van der Waals surface area contributed by atoms with Gasteiger partial charge in [-0.05, 0) is 26.0 Å². The van der Waals surface area contributed by atoms with Gasteiger partial charge < -0.3 is 10.4 Å². The van der Waals surface area contributed by atoms with Crippen molar-refractivity contribution in [3.63, 3.8) is 0 Å². The molecule has 1 aromatic carbocycles. The lowest BCUT2D eigenvalue weighted by molar-refractivity contribution is -0.384. The minimum absolute atomic E-state index is 0.0561. The summed E-state index contributed by atoms with van der Waals surface area (Å²) in [5.74, 6) is -1.73. The molecule has 7 nitrogen and oxygen atoms in total. The number of carboxylic acid groups (broad SMARTS) is 1. The lowest BCUT2D eigenvalue weighted by atomic mass is 10.1. The molecule has 1 aromatic rings. The summed E-state index contributed by atoms with van der Waals surface area (Å²) < 4.78 is 0. The van der Waals surface area contributed by atoms with Crippen molar-refractivity contribution < 1.29 is 19.6 Å². The second-order valence-corrected chi connectivity index (χ2v) is 3.81. The minimum Gasteiger partial charge on any atom is -0.478 e. The highest BCUT2D eigenvalue weighted by Crippen LogP contribution is 2.16. The van der Waals surface area contributed by atoms with Gasteiger partial charge in [-0.25, -0.2) is 4.79 Å². The van der Waals surface area contributed by atoms with Gasteiger partial charge in [-0.15, -0.1) is 0 Å². The number of rotatable bonds is 4. The Morgan fingerprint density at radius 2 is 1.68 bits per heavy atom. The van der Waals surface area contributed by atoms with Crippen molar-refractivity contribution in [3.8, 4) is 0 Å². The van der Waals surface area contributed by atoms with Crippen LogP contribution < -0.4 is 5.32 Å². The smallest absolute Gasteiger partial charge is 0.331 e. The Kier molecular flexibility index (Phi) is 4.36. The van der Waals surface area contributed by atoms with Crippen molar-refractivity contribution >= 4 is 23.3 Å². The second-order valence-electron chi connectivity index (χ2n) is 3.81. The van der Waals surface area contributed by atoms with Crippen LogP contribution in [-0.2, 0) is 9.59 Å². The fourth-order valence-electron chi connectivity index (χ4n) is 1.22. The first-order valence-electron chi connectivity index (χ1n) is 5.29. The molecule has 2 N–H and O–H groups in total. The molecule has 0 aliphatic rings. The number of aliphatic carboxylic acids is 1. The highest BCUT2D eigenvalue weighted by Gasteiger charge is 2.13. The Balaban J connectivity index is 2.86. The van der Waals surface area contributed by atoms with E-state index in [-0.39, 0.29) is 16.8 Å². The Labute approximate surface area is 108 Å². The lowest BCUT2D eigenvalue weighted by Gasteiger charge is -2.06. The standard InChI is InChI=1S/C12H12N2O5/c1-7(8(2)12(16)17)11(15)13-9-3-5-10(6-4-9)14(18)19/h3-6H,1-2H3,(H,13,15)(H,16,17). The van der Waals surface area contributed by atoms with Gasteiger partial charge in [-0.2, -0.15) is 0 Å². The van der Waals surface area contributed by atoms with E-state index in [4.69, 9.17) is 5.11 Å². The average Bonchev–Trinajstić information content (AvgIpc) is 2.37. The van der Waals surface area contributed by atoms with Crippen LogP contribution in [0.1, 0.15) is 13.8 Å². The van der Waals surface area contributed by atoms with Crippen molar-refractivity contribution in [1.29, 1.82) is 0 Å². The van der Waals surface area contributed by atoms with Gasteiger partial charge in [0.25, 0.3) is 11.6 Å². The summed E-state index contributed by atoms with van der Waals surface area (Å²) in [5, 5.41) is 21.7. The number of anilines is 1. The zero-order valence-electron chi connectivity index (χ0n) is 10.3. The highest BCUT2D eigenvalue weighted by atomic mass is 16.6. The number of carboxylic acids is 1. The normalized spacial score (nSPS) is 11.5. The van der Waals surface area contributed by atoms with Crippen molar-refractivity contribution in [3.05, 3.63) is 45.5 Å². The number of carbonyl (C=O) groups excluding carboxylic acids is 1. The number of non-ortho nitro benzene ring substituents is 1. The summed E-state index contributed by atoms with van der Waals surface area (Å²) in [6, 6.07) is 5.25. The second kappa shape index (κ2) is 5.76. The largest absolute Gasteiger partial charge is 0.478 e. The molecule has 0 aliphatic heterocycles. The SMILES string of the molecule is CC(C(=O)O)=C(C)C(=O)Nc1ccc([N+](=O)[O-])cc1. The molecule has 0 unspecified atom stereocenters. The van der Waals surface area contributed by atoms with Crippen molar-refractivity contribution in [1.82, 2.24) is 0 Å². The fraction of sp³-hybridized carbons (Fsp3) is 0.167. The molecule has 0 saturated carbocycles. The molecule has 0 fully saturated rings. The predicted octanol–water partition coefficient (Wildman–Crippen LogP) is 1.95. The van der Waals surface area contributed by atoms with E-state index in [0.717, 1.165) is 0 Å². The number of carbonyl (C=O) groups is 2. The van der Waals surface area contributed by atoms with Crippen LogP contribution in [0.4, 0.5) is 11.4 Å². The van der Waals surface area contributed by atoms with Crippen molar-refractivity contribution in [2.24, 2.45) is 0 Å². The molecule has 0 heterocycles. The molecule has 0 aromatic heterocycles. The Morgan fingerprint density at radius 1 is 1.16 bits per heavy atom. The summed E-state index contributed by atoms with van der Waals surface area (Å²) in [5.41, 5.74) is 0.283. The number of nitro benzene ring substituents is 1. The van der Waals surface area contributed by atoms with Crippen LogP contribution >= 0.6 is 0 Å². The van der Waals surface area contributed by atoms with Gasteiger partial charge in [0.2, 0.25) is 0 Å². The number of nitrogens with one attached hydrogen (secondary N) is 1. The molecular weight excluding hydrogens is 252 g/mol. The summed E-state index contributed by atoms with van der Waals surface area (Å²) in [4.78, 5) is 32.3. The number of hydrogen-bond acceptors (Lipinski definition) is 4. The first kappa shape index (κ1) is 14.4. The molecule has 1 amide bonds. The zero-order chi connectivity index (χ0) is 14.6. The number of nitro groups is 1. The molecule has 19 heavy (non-hydrogen) atoms. The number of amides is 1. The lowest BCUT2D eigenvalue weighted by Crippen LogP contribution is -2.16. The van der Waals surface area contributed by atoms with E-state index in [1.807, 2.05) is 0 Å². The molecule has 0 aliphatic carbocycles. The number of nitrogens with zero attached hydrogens (tertiary/aromatic N) is 1. The maximum atomic E-state index is 11.7. The van der Waals surface area contributed by atoms with Gasteiger partial charge in [-0.3, -0.25) is 14.9 Å². The van der Waals surface area contributed by atoms with Gasteiger partial charge in [0, 0.05) is 29.0 Å². The minimum atomic E-state index is -1.17. The molecule has 7 heteroatoms. The van der Waals surface area contributed by atoms with E-state index in [0.29, 0.717) is 5.69 Å². The maximum Gasteiger partial charge on any atom is 0.331 e. The highest BCUT2D eigenvalue weighted by molar-refractivity contribution is 6.08. The third-order valence-corrected chi connectivity index (χ3v) is 2.56.